The summed E-state index contributed by atoms with van der Waals surface area (Å²) >= 11 is 0. The molecule has 0 aliphatic carbocycles. The van der Waals surface area contributed by atoms with E-state index in [1.54, 1.807) is 0 Å². The van der Waals surface area contributed by atoms with Crippen LogP contribution in [0.3, 0.4) is 0 Å². The van der Waals surface area contributed by atoms with Crippen LogP contribution in [0, 0.1) is 0 Å². The minimum atomic E-state index is -4.79. The van der Waals surface area contributed by atoms with E-state index < -0.39 is 12.1 Å². The number of hydrogen-bond acceptors (Lipinski definition) is 4. The van der Waals surface area contributed by atoms with Gasteiger partial charge in [0, 0.05) is 13.2 Å². The first kappa shape index (κ1) is 13.3. The number of alkyl halides is 3. The van der Waals surface area contributed by atoms with Gasteiger partial charge in [-0.25, -0.2) is 0 Å². The summed E-state index contributed by atoms with van der Waals surface area (Å²) in [6.07, 6.45) is -4.33. The summed E-state index contributed by atoms with van der Waals surface area (Å²) < 4.78 is 49.1. The molecule has 0 fully saturated rings. The van der Waals surface area contributed by atoms with Crippen molar-refractivity contribution in [2.24, 2.45) is 0 Å². The van der Waals surface area contributed by atoms with E-state index >= 15 is 0 Å². The lowest BCUT2D eigenvalue weighted by molar-refractivity contribution is -0.274. The highest BCUT2D eigenvalue weighted by molar-refractivity contribution is 5.79. The van der Waals surface area contributed by atoms with Crippen LogP contribution in [0.25, 0.3) is 0 Å². The number of rotatable bonds is 5. The van der Waals surface area contributed by atoms with Crippen LogP contribution in [0.15, 0.2) is 18.2 Å². The number of methoxy groups -OCH3 is 1. The molecule has 7 heteroatoms. The molecular formula is C10H9F3O4. The minimum absolute atomic E-state index is 0.0383. The van der Waals surface area contributed by atoms with Gasteiger partial charge in [-0.15, -0.1) is 13.2 Å². The number of carbonyl (C=O) groups is 1. The van der Waals surface area contributed by atoms with Crippen LogP contribution >= 0.6 is 0 Å². The van der Waals surface area contributed by atoms with Gasteiger partial charge in [0.05, 0.1) is 5.56 Å². The first-order valence-electron chi connectivity index (χ1n) is 4.43. The van der Waals surface area contributed by atoms with E-state index in [9.17, 15) is 18.0 Å². The van der Waals surface area contributed by atoms with E-state index in [1.807, 2.05) is 0 Å². The number of aldehydes is 1. The number of benzene rings is 1. The maximum absolute atomic E-state index is 12.0. The van der Waals surface area contributed by atoms with Gasteiger partial charge in [0.15, 0.2) is 13.1 Å². The normalized spacial score (nSPS) is 11.1. The second-order valence-corrected chi connectivity index (χ2v) is 2.92. The molecule has 0 heterocycles. The molecule has 0 aliphatic heterocycles. The highest BCUT2D eigenvalue weighted by Crippen LogP contribution is 2.28. The summed E-state index contributed by atoms with van der Waals surface area (Å²) in [4.78, 5) is 10.6. The second-order valence-electron chi connectivity index (χ2n) is 2.92. The zero-order valence-corrected chi connectivity index (χ0v) is 8.78. The fourth-order valence-electron chi connectivity index (χ4n) is 1.06. The van der Waals surface area contributed by atoms with Gasteiger partial charge in [0.25, 0.3) is 0 Å². The molecule has 0 bridgehead atoms. The lowest BCUT2D eigenvalue weighted by atomic mass is 10.2. The smallest absolute Gasteiger partial charge is 0.467 e. The van der Waals surface area contributed by atoms with E-state index in [0.717, 1.165) is 12.1 Å². The molecule has 0 radical (unpaired) electrons. The summed E-state index contributed by atoms with van der Waals surface area (Å²) in [6, 6.07) is 3.16. The zero-order valence-electron chi connectivity index (χ0n) is 8.78. The Morgan fingerprint density at radius 1 is 1.35 bits per heavy atom. The number of halogens is 3. The van der Waals surface area contributed by atoms with Gasteiger partial charge in [-0.3, -0.25) is 4.79 Å². The van der Waals surface area contributed by atoms with Gasteiger partial charge < -0.3 is 14.2 Å². The Bertz CT molecular complexity index is 390. The SMILES string of the molecule is COCOc1cc(OC(F)(F)F)ccc1C=O. The topological polar surface area (TPSA) is 44.8 Å². The average molecular weight is 250 g/mol. The number of hydrogen-bond donors (Lipinski definition) is 0. The zero-order chi connectivity index (χ0) is 12.9. The Morgan fingerprint density at radius 2 is 2.06 bits per heavy atom. The molecule has 0 unspecified atom stereocenters. The van der Waals surface area contributed by atoms with Crippen LogP contribution in [0.4, 0.5) is 13.2 Å². The molecule has 1 aromatic carbocycles. The largest absolute Gasteiger partial charge is 0.573 e. The monoisotopic (exact) mass is 250 g/mol. The highest BCUT2D eigenvalue weighted by Gasteiger charge is 2.31. The molecule has 0 N–H and O–H groups in total. The Balaban J connectivity index is 2.92. The Morgan fingerprint density at radius 3 is 2.59 bits per heavy atom. The fraction of sp³-hybridized carbons (Fsp3) is 0.300. The molecule has 0 aliphatic rings. The van der Waals surface area contributed by atoms with Crippen molar-refractivity contribution in [3.63, 3.8) is 0 Å². The molecule has 4 nitrogen and oxygen atoms in total. The summed E-state index contributed by atoms with van der Waals surface area (Å²) in [5.41, 5.74) is 0.108. The van der Waals surface area contributed by atoms with Crippen LogP contribution < -0.4 is 9.47 Å². The van der Waals surface area contributed by atoms with Crippen molar-refractivity contribution in [1.29, 1.82) is 0 Å². The quantitative estimate of drug-likeness (QED) is 0.594. The molecular weight excluding hydrogens is 241 g/mol. The van der Waals surface area contributed by atoms with Crippen molar-refractivity contribution < 1.29 is 32.2 Å². The van der Waals surface area contributed by atoms with Crippen molar-refractivity contribution in [2.45, 2.75) is 6.36 Å². The second kappa shape index (κ2) is 5.53. The maximum Gasteiger partial charge on any atom is 0.573 e. The molecule has 1 aromatic rings. The first-order valence-corrected chi connectivity index (χ1v) is 4.43. The standard InChI is InChI=1S/C10H9F3O4/c1-15-6-16-9-4-8(17-10(11,12)13)3-2-7(9)5-14/h2-5H,6H2,1H3. The van der Waals surface area contributed by atoms with Gasteiger partial charge in [-0.05, 0) is 12.1 Å². The molecule has 0 spiro atoms. The third kappa shape index (κ3) is 4.31. The molecule has 0 aromatic heterocycles. The molecule has 0 saturated carbocycles. The van der Waals surface area contributed by atoms with Crippen molar-refractivity contribution in [1.82, 2.24) is 0 Å². The summed E-state index contributed by atoms with van der Waals surface area (Å²) in [6.45, 7) is -0.184. The lowest BCUT2D eigenvalue weighted by Gasteiger charge is -2.12. The van der Waals surface area contributed by atoms with Crippen molar-refractivity contribution >= 4 is 6.29 Å². The molecule has 94 valence electrons. The predicted molar refractivity (Wildman–Crippen MR) is 51.0 cm³/mol. The number of ether oxygens (including phenoxy) is 3. The lowest BCUT2D eigenvalue weighted by Crippen LogP contribution is -2.17. The molecule has 0 atom stereocenters. The third-order valence-electron chi connectivity index (χ3n) is 1.68. The molecule has 0 amide bonds. The molecule has 1 rings (SSSR count). The van der Waals surface area contributed by atoms with Gasteiger partial charge in [-0.1, -0.05) is 0 Å². The van der Waals surface area contributed by atoms with Crippen LogP contribution in [-0.2, 0) is 4.74 Å². The first-order chi connectivity index (χ1) is 7.96. The van der Waals surface area contributed by atoms with E-state index in [-0.39, 0.29) is 18.1 Å². The van der Waals surface area contributed by atoms with Gasteiger partial charge in [0.1, 0.15) is 11.5 Å². The van der Waals surface area contributed by atoms with Crippen molar-refractivity contribution in [3.05, 3.63) is 23.8 Å². The van der Waals surface area contributed by atoms with E-state index in [2.05, 4.69) is 9.47 Å². The van der Waals surface area contributed by atoms with E-state index in [1.165, 1.54) is 13.2 Å². The number of carbonyl (C=O) groups excluding carboxylic acids is 1. The Labute approximate surface area is 94.9 Å². The van der Waals surface area contributed by atoms with Gasteiger partial charge in [0.2, 0.25) is 0 Å². The van der Waals surface area contributed by atoms with E-state index in [0.29, 0.717) is 6.29 Å². The summed E-state index contributed by atoms with van der Waals surface area (Å²) in [5.74, 6) is -0.502. The summed E-state index contributed by atoms with van der Waals surface area (Å²) in [7, 11) is 1.34. The highest BCUT2D eigenvalue weighted by atomic mass is 19.4. The van der Waals surface area contributed by atoms with Crippen molar-refractivity contribution in [2.75, 3.05) is 13.9 Å². The van der Waals surface area contributed by atoms with E-state index in [4.69, 9.17) is 4.74 Å². The Hall–Kier alpha value is -1.76. The van der Waals surface area contributed by atoms with Crippen LogP contribution in [0.2, 0.25) is 0 Å². The predicted octanol–water partition coefficient (Wildman–Crippen LogP) is 2.38. The fourth-order valence-corrected chi connectivity index (χ4v) is 1.06. The molecule has 0 saturated heterocycles. The summed E-state index contributed by atoms with van der Waals surface area (Å²) in [5, 5.41) is 0. The van der Waals surface area contributed by atoms with Gasteiger partial charge >= 0.3 is 6.36 Å². The third-order valence-corrected chi connectivity index (χ3v) is 1.68. The minimum Gasteiger partial charge on any atom is -0.467 e. The van der Waals surface area contributed by atoms with Crippen LogP contribution in [0.5, 0.6) is 11.5 Å². The maximum atomic E-state index is 12.0. The Kier molecular flexibility index (Phi) is 4.33. The van der Waals surface area contributed by atoms with Crippen LogP contribution in [-0.4, -0.2) is 26.6 Å². The van der Waals surface area contributed by atoms with Gasteiger partial charge in [-0.2, -0.15) is 0 Å². The molecule has 17 heavy (non-hydrogen) atoms. The van der Waals surface area contributed by atoms with Crippen molar-refractivity contribution in [3.8, 4) is 11.5 Å². The van der Waals surface area contributed by atoms with Crippen LogP contribution in [0.1, 0.15) is 10.4 Å². The average Bonchev–Trinajstić information content (AvgIpc) is 2.24.